The second kappa shape index (κ2) is 7.46. The first-order chi connectivity index (χ1) is 8.95. The zero-order chi connectivity index (χ0) is 14.4. The molecule has 0 saturated heterocycles. The van der Waals surface area contributed by atoms with Crippen molar-refractivity contribution in [1.82, 2.24) is 9.80 Å². The zero-order valence-corrected chi connectivity index (χ0v) is 12.4. The maximum Gasteiger partial charge on any atom is 0.256 e. The maximum atomic E-state index is 13.7. The van der Waals surface area contributed by atoms with Gasteiger partial charge in [-0.1, -0.05) is 18.5 Å². The lowest BCUT2D eigenvalue weighted by atomic mass is 10.1. The Bertz CT molecular complexity index is 437. The van der Waals surface area contributed by atoms with Gasteiger partial charge in [-0.05, 0) is 38.7 Å². The zero-order valence-electron chi connectivity index (χ0n) is 11.6. The molecular weight excluding hydrogens is 267 g/mol. The van der Waals surface area contributed by atoms with Crippen molar-refractivity contribution in [3.63, 3.8) is 0 Å². The molecule has 0 saturated carbocycles. The number of carbonyl (C=O) groups excluding carboxylic acids is 1. The van der Waals surface area contributed by atoms with Crippen LogP contribution in [0.25, 0.3) is 0 Å². The fourth-order valence-electron chi connectivity index (χ4n) is 1.74. The SMILES string of the molecule is CCCN(CCN(C)C)C(=O)c1cc(Cl)ccc1F. The minimum absolute atomic E-state index is 0.0414. The van der Waals surface area contributed by atoms with Crippen molar-refractivity contribution >= 4 is 17.5 Å². The van der Waals surface area contributed by atoms with Gasteiger partial charge in [0.25, 0.3) is 5.91 Å². The lowest BCUT2D eigenvalue weighted by Crippen LogP contribution is -2.37. The van der Waals surface area contributed by atoms with Crippen molar-refractivity contribution in [2.45, 2.75) is 13.3 Å². The Labute approximate surface area is 119 Å². The summed E-state index contributed by atoms with van der Waals surface area (Å²) in [4.78, 5) is 16.0. The molecule has 5 heteroatoms. The monoisotopic (exact) mass is 286 g/mol. The molecule has 0 bridgehead atoms. The van der Waals surface area contributed by atoms with Crippen molar-refractivity contribution in [2.24, 2.45) is 0 Å². The van der Waals surface area contributed by atoms with Gasteiger partial charge in [0.05, 0.1) is 5.56 Å². The summed E-state index contributed by atoms with van der Waals surface area (Å²) in [5.74, 6) is -0.830. The maximum absolute atomic E-state index is 13.7. The second-order valence-corrected chi connectivity index (χ2v) is 5.16. The molecule has 0 N–H and O–H groups in total. The topological polar surface area (TPSA) is 23.6 Å². The highest BCUT2D eigenvalue weighted by Crippen LogP contribution is 2.17. The van der Waals surface area contributed by atoms with E-state index < -0.39 is 5.82 Å². The molecule has 19 heavy (non-hydrogen) atoms. The smallest absolute Gasteiger partial charge is 0.256 e. The molecule has 1 rings (SSSR count). The van der Waals surface area contributed by atoms with E-state index in [-0.39, 0.29) is 11.5 Å². The van der Waals surface area contributed by atoms with Crippen LogP contribution in [0.15, 0.2) is 18.2 Å². The largest absolute Gasteiger partial charge is 0.337 e. The number of hydrogen-bond donors (Lipinski definition) is 0. The van der Waals surface area contributed by atoms with Crippen LogP contribution in [0.2, 0.25) is 5.02 Å². The van der Waals surface area contributed by atoms with E-state index in [0.717, 1.165) is 13.0 Å². The number of amides is 1. The number of hydrogen-bond acceptors (Lipinski definition) is 2. The highest BCUT2D eigenvalue weighted by atomic mass is 35.5. The third kappa shape index (κ3) is 4.80. The molecule has 0 atom stereocenters. The Hall–Kier alpha value is -1.13. The molecule has 1 aromatic rings. The third-order valence-corrected chi connectivity index (χ3v) is 2.99. The van der Waals surface area contributed by atoms with Gasteiger partial charge in [0.2, 0.25) is 0 Å². The van der Waals surface area contributed by atoms with Crippen LogP contribution in [0.4, 0.5) is 4.39 Å². The first-order valence-corrected chi connectivity index (χ1v) is 6.72. The van der Waals surface area contributed by atoms with Crippen LogP contribution >= 0.6 is 11.6 Å². The van der Waals surface area contributed by atoms with Crippen molar-refractivity contribution in [2.75, 3.05) is 33.7 Å². The van der Waals surface area contributed by atoms with Crippen molar-refractivity contribution in [1.29, 1.82) is 0 Å². The molecule has 0 radical (unpaired) electrons. The van der Waals surface area contributed by atoms with Crippen molar-refractivity contribution in [3.05, 3.63) is 34.6 Å². The van der Waals surface area contributed by atoms with E-state index in [0.29, 0.717) is 18.1 Å². The normalized spacial score (nSPS) is 10.8. The summed E-state index contributed by atoms with van der Waals surface area (Å²) >= 11 is 5.82. The Kier molecular flexibility index (Phi) is 6.25. The van der Waals surface area contributed by atoms with Gasteiger partial charge in [-0.15, -0.1) is 0 Å². The van der Waals surface area contributed by atoms with E-state index in [9.17, 15) is 9.18 Å². The number of likely N-dealkylation sites (N-methyl/N-ethyl adjacent to an activating group) is 1. The van der Waals surface area contributed by atoms with Gasteiger partial charge in [0, 0.05) is 24.7 Å². The molecule has 0 fully saturated rings. The molecule has 1 aromatic carbocycles. The first kappa shape index (κ1) is 15.9. The molecule has 0 aromatic heterocycles. The lowest BCUT2D eigenvalue weighted by Gasteiger charge is -2.24. The summed E-state index contributed by atoms with van der Waals surface area (Å²) in [6, 6.07) is 4.06. The van der Waals surface area contributed by atoms with Crippen LogP contribution in [-0.2, 0) is 0 Å². The number of rotatable bonds is 6. The van der Waals surface area contributed by atoms with E-state index in [1.807, 2.05) is 25.9 Å². The van der Waals surface area contributed by atoms with Gasteiger partial charge in [-0.2, -0.15) is 0 Å². The van der Waals surface area contributed by atoms with Crippen LogP contribution in [0.1, 0.15) is 23.7 Å². The fourth-order valence-corrected chi connectivity index (χ4v) is 1.91. The lowest BCUT2D eigenvalue weighted by molar-refractivity contribution is 0.0740. The molecule has 0 aliphatic carbocycles. The van der Waals surface area contributed by atoms with Crippen LogP contribution in [0.3, 0.4) is 0 Å². The molecule has 0 unspecified atom stereocenters. The first-order valence-electron chi connectivity index (χ1n) is 6.34. The summed E-state index contributed by atoms with van der Waals surface area (Å²) in [6.45, 7) is 3.92. The van der Waals surface area contributed by atoms with Crippen molar-refractivity contribution in [3.8, 4) is 0 Å². The average molecular weight is 287 g/mol. The van der Waals surface area contributed by atoms with Gasteiger partial charge < -0.3 is 9.80 Å². The summed E-state index contributed by atoms with van der Waals surface area (Å²) in [5.41, 5.74) is 0.0414. The highest BCUT2D eigenvalue weighted by Gasteiger charge is 2.19. The fraction of sp³-hybridized carbons (Fsp3) is 0.500. The third-order valence-electron chi connectivity index (χ3n) is 2.76. The molecule has 0 spiro atoms. The number of halogens is 2. The highest BCUT2D eigenvalue weighted by molar-refractivity contribution is 6.30. The average Bonchev–Trinajstić information content (AvgIpc) is 2.36. The van der Waals surface area contributed by atoms with Gasteiger partial charge in [-0.25, -0.2) is 4.39 Å². The number of benzene rings is 1. The van der Waals surface area contributed by atoms with Gasteiger partial charge in [0.15, 0.2) is 0 Å². The Balaban J connectivity index is 2.88. The molecule has 3 nitrogen and oxygen atoms in total. The standard InChI is InChI=1S/C14H20ClFN2O/c1-4-7-18(9-8-17(2)3)14(19)12-10-11(15)5-6-13(12)16/h5-6,10H,4,7-9H2,1-3H3. The van der Waals surface area contributed by atoms with Crippen LogP contribution in [0.5, 0.6) is 0 Å². The molecular formula is C14H20ClFN2O. The van der Waals surface area contributed by atoms with Crippen LogP contribution < -0.4 is 0 Å². The predicted molar refractivity (Wildman–Crippen MR) is 76.2 cm³/mol. The second-order valence-electron chi connectivity index (χ2n) is 4.72. The van der Waals surface area contributed by atoms with Crippen LogP contribution in [-0.4, -0.2) is 49.4 Å². The van der Waals surface area contributed by atoms with E-state index >= 15 is 0 Å². The minimum Gasteiger partial charge on any atom is -0.337 e. The Morgan fingerprint density at radius 2 is 1.95 bits per heavy atom. The Morgan fingerprint density at radius 3 is 2.53 bits per heavy atom. The molecule has 106 valence electrons. The van der Waals surface area contributed by atoms with E-state index in [2.05, 4.69) is 0 Å². The molecule has 0 aliphatic rings. The van der Waals surface area contributed by atoms with Crippen molar-refractivity contribution < 1.29 is 9.18 Å². The quantitative estimate of drug-likeness (QED) is 0.803. The molecule has 1 amide bonds. The van der Waals surface area contributed by atoms with Crippen LogP contribution in [0, 0.1) is 5.82 Å². The summed E-state index contributed by atoms with van der Waals surface area (Å²) in [5, 5.41) is 0.369. The van der Waals surface area contributed by atoms with Gasteiger partial charge in [0.1, 0.15) is 5.82 Å². The predicted octanol–water partition coefficient (Wildman–Crippen LogP) is 2.89. The Morgan fingerprint density at radius 1 is 1.26 bits per heavy atom. The summed E-state index contributed by atoms with van der Waals surface area (Å²) in [6.07, 6.45) is 0.835. The van der Waals surface area contributed by atoms with E-state index in [4.69, 9.17) is 11.6 Å². The number of nitrogens with zero attached hydrogens (tertiary/aromatic N) is 2. The molecule has 0 aliphatic heterocycles. The van der Waals surface area contributed by atoms with E-state index in [1.165, 1.54) is 18.2 Å². The minimum atomic E-state index is -0.527. The van der Waals surface area contributed by atoms with E-state index in [1.54, 1.807) is 4.90 Å². The molecule has 0 heterocycles. The van der Waals surface area contributed by atoms with Gasteiger partial charge in [-0.3, -0.25) is 4.79 Å². The summed E-state index contributed by atoms with van der Waals surface area (Å²) in [7, 11) is 3.88. The number of carbonyl (C=O) groups is 1. The summed E-state index contributed by atoms with van der Waals surface area (Å²) < 4.78 is 13.7. The van der Waals surface area contributed by atoms with Gasteiger partial charge >= 0.3 is 0 Å².